The third-order valence-electron chi connectivity index (χ3n) is 5.22. The van der Waals surface area contributed by atoms with Crippen molar-refractivity contribution in [2.75, 3.05) is 7.11 Å². The number of nitro benzene ring substituents is 1. The number of nitrogens with zero attached hydrogens (tertiary/aromatic N) is 2. The van der Waals surface area contributed by atoms with E-state index < -0.39 is 36.8 Å². The summed E-state index contributed by atoms with van der Waals surface area (Å²) in [5.41, 5.74) is 0.789. The fraction of sp³-hybridized carbons (Fsp3) is 0.0833. The summed E-state index contributed by atoms with van der Waals surface area (Å²) in [4.78, 5) is 36.7. The van der Waals surface area contributed by atoms with Gasteiger partial charge in [0.05, 0.1) is 28.0 Å². The molecule has 0 atom stereocenters. The van der Waals surface area contributed by atoms with E-state index in [9.17, 15) is 28.1 Å². The lowest BCUT2D eigenvalue weighted by atomic mass is 10.1. The molecule has 1 fully saturated rings. The Labute approximate surface area is 238 Å². The fourth-order valence-corrected chi connectivity index (χ4v) is 6.29. The molecule has 14 heteroatoms. The van der Waals surface area contributed by atoms with Gasteiger partial charge < -0.3 is 8.92 Å². The molecule has 1 saturated heterocycles. The molecule has 3 aromatic rings. The Morgan fingerprint density at radius 2 is 1.79 bits per heavy atom. The van der Waals surface area contributed by atoms with Crippen LogP contribution in [0.2, 0.25) is 0 Å². The van der Waals surface area contributed by atoms with Crippen molar-refractivity contribution in [1.29, 1.82) is 0 Å². The number of nitro groups is 1. The molecule has 4 rings (SSSR count). The van der Waals surface area contributed by atoms with Gasteiger partial charge in [0.2, 0.25) is 0 Å². The van der Waals surface area contributed by atoms with E-state index in [1.54, 1.807) is 6.07 Å². The number of thioether (sulfide) groups is 1. The predicted octanol–water partition coefficient (Wildman–Crippen LogP) is 6.13. The van der Waals surface area contributed by atoms with Gasteiger partial charge in [0.1, 0.15) is 4.90 Å². The van der Waals surface area contributed by atoms with Gasteiger partial charge in [-0.3, -0.25) is 24.6 Å². The van der Waals surface area contributed by atoms with Crippen molar-refractivity contribution in [2.24, 2.45) is 0 Å². The van der Waals surface area contributed by atoms with E-state index in [1.807, 2.05) is 18.2 Å². The molecule has 0 aliphatic carbocycles. The Bertz CT molecular complexity index is 1610. The molecule has 38 heavy (non-hydrogen) atoms. The number of halogens is 2. The minimum atomic E-state index is -4.46. The zero-order valence-electron chi connectivity index (χ0n) is 19.3. The van der Waals surface area contributed by atoms with Crippen LogP contribution in [0.4, 0.5) is 10.5 Å². The molecule has 0 N–H and O–H groups in total. The number of hydrogen-bond donors (Lipinski definition) is 0. The SMILES string of the molecule is COc1cc(/C=C2\SC(=O)N(Cc3ccccc3Br)C2=O)cc(Br)c1OS(=O)(=O)c1cccc([N+](=O)[O-])c1. The van der Waals surface area contributed by atoms with Crippen LogP contribution in [0.15, 0.2) is 79.4 Å². The Hall–Kier alpha value is -3.20. The highest BCUT2D eigenvalue weighted by Gasteiger charge is 2.35. The van der Waals surface area contributed by atoms with Crippen LogP contribution in [0.3, 0.4) is 0 Å². The second kappa shape index (κ2) is 11.3. The highest BCUT2D eigenvalue weighted by molar-refractivity contribution is 9.10. The number of rotatable bonds is 8. The van der Waals surface area contributed by atoms with Crippen molar-refractivity contribution in [2.45, 2.75) is 11.4 Å². The normalized spacial score (nSPS) is 14.7. The van der Waals surface area contributed by atoms with Gasteiger partial charge in [-0.15, -0.1) is 0 Å². The van der Waals surface area contributed by atoms with E-state index >= 15 is 0 Å². The van der Waals surface area contributed by atoms with Crippen LogP contribution < -0.4 is 8.92 Å². The van der Waals surface area contributed by atoms with E-state index in [4.69, 9.17) is 8.92 Å². The van der Waals surface area contributed by atoms with Crippen LogP contribution in [0.25, 0.3) is 6.08 Å². The number of hydrogen-bond acceptors (Lipinski definition) is 9. The lowest BCUT2D eigenvalue weighted by Crippen LogP contribution is -2.27. The summed E-state index contributed by atoms with van der Waals surface area (Å²) in [7, 11) is -3.16. The number of benzene rings is 3. The van der Waals surface area contributed by atoms with Gasteiger partial charge in [0.25, 0.3) is 16.8 Å². The van der Waals surface area contributed by atoms with Gasteiger partial charge in [-0.1, -0.05) is 40.2 Å². The van der Waals surface area contributed by atoms with E-state index in [0.29, 0.717) is 5.56 Å². The van der Waals surface area contributed by atoms with E-state index in [1.165, 1.54) is 37.5 Å². The number of ether oxygens (including phenoxy) is 1. The van der Waals surface area contributed by atoms with Crippen molar-refractivity contribution in [1.82, 2.24) is 4.90 Å². The number of carbonyl (C=O) groups excluding carboxylic acids is 2. The van der Waals surface area contributed by atoms with Crippen molar-refractivity contribution >= 4 is 76.6 Å². The van der Waals surface area contributed by atoms with Gasteiger partial charge >= 0.3 is 10.1 Å². The van der Waals surface area contributed by atoms with Crippen molar-refractivity contribution in [3.8, 4) is 11.5 Å². The highest BCUT2D eigenvalue weighted by atomic mass is 79.9. The van der Waals surface area contributed by atoms with Gasteiger partial charge in [-0.05, 0) is 69.2 Å². The second-order valence-corrected chi connectivity index (χ2v) is 11.9. The smallest absolute Gasteiger partial charge is 0.339 e. The van der Waals surface area contributed by atoms with Crippen LogP contribution in [0, 0.1) is 10.1 Å². The number of imide groups is 1. The summed E-state index contributed by atoms with van der Waals surface area (Å²) in [5.74, 6) is -0.662. The zero-order chi connectivity index (χ0) is 27.6. The van der Waals surface area contributed by atoms with E-state index in [2.05, 4.69) is 31.9 Å². The summed E-state index contributed by atoms with van der Waals surface area (Å²) >= 11 is 7.46. The maximum Gasteiger partial charge on any atom is 0.339 e. The maximum absolute atomic E-state index is 13.0. The Kier molecular flexibility index (Phi) is 8.25. The zero-order valence-corrected chi connectivity index (χ0v) is 24.1. The molecule has 0 radical (unpaired) electrons. The summed E-state index contributed by atoms with van der Waals surface area (Å²) in [6.07, 6.45) is 1.48. The highest BCUT2D eigenvalue weighted by Crippen LogP contribution is 2.41. The van der Waals surface area contributed by atoms with Gasteiger partial charge in [-0.25, -0.2) is 0 Å². The number of methoxy groups -OCH3 is 1. The van der Waals surface area contributed by atoms with Crippen LogP contribution in [0.5, 0.6) is 11.5 Å². The molecule has 0 spiro atoms. The molecular formula is C24H16Br2N2O8S2. The molecule has 0 bridgehead atoms. The molecule has 10 nitrogen and oxygen atoms in total. The van der Waals surface area contributed by atoms with E-state index in [-0.39, 0.29) is 27.4 Å². The summed E-state index contributed by atoms with van der Waals surface area (Å²) < 4.78 is 37.1. The summed E-state index contributed by atoms with van der Waals surface area (Å²) in [5, 5.41) is 10.6. The molecule has 1 aliphatic rings. The lowest BCUT2D eigenvalue weighted by molar-refractivity contribution is -0.385. The maximum atomic E-state index is 13.0. The molecule has 2 amide bonds. The molecule has 1 heterocycles. The average molecular weight is 684 g/mol. The Morgan fingerprint density at radius 3 is 2.47 bits per heavy atom. The number of non-ortho nitro benzene ring substituents is 1. The van der Waals surface area contributed by atoms with Gasteiger partial charge in [0.15, 0.2) is 11.5 Å². The third-order valence-corrected chi connectivity index (χ3v) is 8.71. The lowest BCUT2D eigenvalue weighted by Gasteiger charge is -2.14. The van der Waals surface area contributed by atoms with Crippen molar-refractivity contribution in [3.63, 3.8) is 0 Å². The molecule has 0 saturated carbocycles. The number of carbonyl (C=O) groups is 2. The predicted molar refractivity (Wildman–Crippen MR) is 147 cm³/mol. The average Bonchev–Trinajstić information content (AvgIpc) is 3.14. The molecule has 0 aromatic heterocycles. The molecular weight excluding hydrogens is 668 g/mol. The second-order valence-electron chi connectivity index (χ2n) is 7.69. The largest absolute Gasteiger partial charge is 0.493 e. The first-order valence-electron chi connectivity index (χ1n) is 10.6. The summed E-state index contributed by atoms with van der Waals surface area (Å²) in [6, 6.07) is 14.6. The Morgan fingerprint density at radius 1 is 1.05 bits per heavy atom. The quantitative estimate of drug-likeness (QED) is 0.119. The monoisotopic (exact) mass is 682 g/mol. The first-order chi connectivity index (χ1) is 18.0. The first kappa shape index (κ1) is 27.8. The first-order valence-corrected chi connectivity index (χ1v) is 14.4. The van der Waals surface area contributed by atoms with Gasteiger partial charge in [0, 0.05) is 16.6 Å². The number of amides is 2. The van der Waals surface area contributed by atoms with Crippen molar-refractivity contribution in [3.05, 3.63) is 95.8 Å². The molecule has 1 aliphatic heterocycles. The Balaban J connectivity index is 1.61. The fourth-order valence-electron chi connectivity index (χ4n) is 3.40. The van der Waals surface area contributed by atoms with Crippen molar-refractivity contribution < 1.29 is 31.9 Å². The topological polar surface area (TPSA) is 133 Å². The van der Waals surface area contributed by atoms with Gasteiger partial charge in [-0.2, -0.15) is 8.42 Å². The summed E-state index contributed by atoms with van der Waals surface area (Å²) in [6.45, 7) is 0.0960. The molecule has 0 unspecified atom stereocenters. The van der Waals surface area contributed by atoms with E-state index in [0.717, 1.165) is 38.8 Å². The standard InChI is InChI=1S/C24H16Br2N2O8S2/c1-35-20-10-14(11-21-23(29)27(24(30)37-21)13-15-5-2-3-8-18(15)25)9-19(26)22(20)36-38(33,34)17-7-4-6-16(12-17)28(31)32/h2-12H,13H2,1H3/b21-11-. The minimum Gasteiger partial charge on any atom is -0.493 e. The molecule has 3 aromatic carbocycles. The van der Waals surface area contributed by atoms with Crippen LogP contribution in [-0.4, -0.2) is 36.5 Å². The molecule has 196 valence electrons. The van der Waals surface area contributed by atoms with Crippen LogP contribution in [0.1, 0.15) is 11.1 Å². The minimum absolute atomic E-state index is 0.00655. The third kappa shape index (κ3) is 5.93. The van der Waals surface area contributed by atoms with Crippen LogP contribution >= 0.6 is 43.6 Å². The van der Waals surface area contributed by atoms with Crippen LogP contribution in [-0.2, 0) is 21.5 Å².